The van der Waals surface area contributed by atoms with Gasteiger partial charge in [0.1, 0.15) is 11.4 Å². The SMILES string of the molecule is C[C@]12CC[C@H]3[C@@H](CC[C@H]4CC(=O)CC[C@@H]43)[C@@H]1CC[C@@]21CCC(=O)O1. The number of carbonyl (C=O) groups is 2. The second-order valence-electron chi connectivity index (χ2n) is 9.68. The average Bonchev–Trinajstić information content (AvgIpc) is 3.08. The fourth-order valence-electron chi connectivity index (χ4n) is 7.95. The van der Waals surface area contributed by atoms with Crippen molar-refractivity contribution in [2.45, 2.75) is 83.2 Å². The van der Waals surface area contributed by atoms with E-state index < -0.39 is 0 Å². The van der Waals surface area contributed by atoms with Crippen LogP contribution in [0.15, 0.2) is 0 Å². The monoisotopic (exact) mass is 330 g/mol. The van der Waals surface area contributed by atoms with Crippen molar-refractivity contribution in [3.8, 4) is 0 Å². The van der Waals surface area contributed by atoms with Crippen molar-refractivity contribution in [3.63, 3.8) is 0 Å². The van der Waals surface area contributed by atoms with Crippen molar-refractivity contribution < 1.29 is 14.3 Å². The molecule has 0 aromatic heterocycles. The number of rotatable bonds is 0. The summed E-state index contributed by atoms with van der Waals surface area (Å²) in [5.74, 6) is 4.41. The molecule has 1 aliphatic heterocycles. The number of ether oxygens (including phenoxy) is 1. The van der Waals surface area contributed by atoms with Crippen LogP contribution in [0.25, 0.3) is 0 Å². The Morgan fingerprint density at radius 3 is 2.54 bits per heavy atom. The summed E-state index contributed by atoms with van der Waals surface area (Å²) in [6.07, 6.45) is 11.9. The van der Waals surface area contributed by atoms with Gasteiger partial charge in [-0.1, -0.05) is 6.92 Å². The highest BCUT2D eigenvalue weighted by Gasteiger charge is 2.66. The van der Waals surface area contributed by atoms with E-state index in [1.807, 2.05) is 0 Å². The molecule has 5 fully saturated rings. The molecule has 1 spiro atoms. The number of hydrogen-bond acceptors (Lipinski definition) is 3. The van der Waals surface area contributed by atoms with E-state index in [1.54, 1.807) is 0 Å². The highest BCUT2D eigenvalue weighted by atomic mass is 16.6. The summed E-state index contributed by atoms with van der Waals surface area (Å²) in [4.78, 5) is 23.7. The second kappa shape index (κ2) is 5.08. The van der Waals surface area contributed by atoms with Crippen LogP contribution in [0.1, 0.15) is 77.6 Å². The van der Waals surface area contributed by atoms with Gasteiger partial charge in [-0.3, -0.25) is 9.59 Å². The van der Waals surface area contributed by atoms with Crippen LogP contribution >= 0.6 is 0 Å². The van der Waals surface area contributed by atoms with E-state index in [0.29, 0.717) is 18.1 Å². The van der Waals surface area contributed by atoms with E-state index in [9.17, 15) is 9.59 Å². The first-order valence-electron chi connectivity index (χ1n) is 10.3. The zero-order valence-electron chi connectivity index (χ0n) is 14.9. The first kappa shape index (κ1) is 15.4. The molecule has 5 aliphatic rings. The molecule has 7 atom stereocenters. The third-order valence-electron chi connectivity index (χ3n) is 9.10. The fraction of sp³-hybridized carbons (Fsp3) is 0.905. The van der Waals surface area contributed by atoms with Crippen LogP contribution in [-0.4, -0.2) is 17.4 Å². The van der Waals surface area contributed by atoms with Gasteiger partial charge in [-0.05, 0) is 81.0 Å². The molecule has 24 heavy (non-hydrogen) atoms. The standard InChI is InChI=1S/C21H30O3/c1-20-9-6-16-15-5-3-14(22)12-13(15)2-4-17(16)18(20)7-10-21(20)11-8-19(23)24-21/h13,15-18H,2-12H2,1H3/t13-,15-,16+,17+,18-,20-,21+/m0/s1. The molecule has 0 amide bonds. The maximum absolute atomic E-state index is 11.9. The average molecular weight is 330 g/mol. The Hall–Kier alpha value is -0.860. The number of carbonyl (C=O) groups excluding carboxylic acids is 2. The van der Waals surface area contributed by atoms with Crippen LogP contribution in [-0.2, 0) is 14.3 Å². The first-order valence-corrected chi connectivity index (χ1v) is 10.3. The lowest BCUT2D eigenvalue weighted by Gasteiger charge is -2.56. The Balaban J connectivity index is 1.42. The lowest BCUT2D eigenvalue weighted by Crippen LogP contribution is -2.53. The van der Waals surface area contributed by atoms with E-state index in [1.165, 1.54) is 32.1 Å². The molecule has 3 heteroatoms. The highest BCUT2D eigenvalue weighted by Crippen LogP contribution is 2.67. The molecule has 0 aromatic carbocycles. The Morgan fingerprint density at radius 2 is 1.75 bits per heavy atom. The molecule has 0 bridgehead atoms. The molecular weight excluding hydrogens is 300 g/mol. The topological polar surface area (TPSA) is 43.4 Å². The summed E-state index contributed by atoms with van der Waals surface area (Å²) < 4.78 is 6.00. The van der Waals surface area contributed by atoms with Gasteiger partial charge < -0.3 is 4.74 Å². The zero-order chi connectivity index (χ0) is 16.5. The third kappa shape index (κ3) is 1.90. The number of esters is 1. The predicted molar refractivity (Wildman–Crippen MR) is 90.2 cm³/mol. The zero-order valence-corrected chi connectivity index (χ0v) is 14.9. The molecule has 3 nitrogen and oxygen atoms in total. The second-order valence-corrected chi connectivity index (χ2v) is 9.68. The van der Waals surface area contributed by atoms with Crippen LogP contribution < -0.4 is 0 Å². The molecule has 132 valence electrons. The maximum Gasteiger partial charge on any atom is 0.306 e. The van der Waals surface area contributed by atoms with E-state index >= 15 is 0 Å². The van der Waals surface area contributed by atoms with Crippen LogP contribution in [0, 0.1) is 35.0 Å². The van der Waals surface area contributed by atoms with Gasteiger partial charge in [0, 0.05) is 24.7 Å². The van der Waals surface area contributed by atoms with Crippen LogP contribution in [0.2, 0.25) is 0 Å². The Bertz CT molecular complexity index is 584. The van der Waals surface area contributed by atoms with Crippen molar-refractivity contribution in [1.82, 2.24) is 0 Å². The Kier molecular flexibility index (Phi) is 3.26. The predicted octanol–water partition coefficient (Wildman–Crippen LogP) is 4.28. The minimum absolute atomic E-state index is 0.0356. The van der Waals surface area contributed by atoms with Gasteiger partial charge in [0.15, 0.2) is 0 Å². The molecule has 5 rings (SSSR count). The highest BCUT2D eigenvalue weighted by molar-refractivity contribution is 5.79. The molecule has 4 aliphatic carbocycles. The number of Topliss-reactive ketones (excluding diaryl/α,β-unsaturated/α-hetero) is 1. The van der Waals surface area contributed by atoms with Crippen LogP contribution in [0.4, 0.5) is 0 Å². The fourth-order valence-corrected chi connectivity index (χ4v) is 7.95. The summed E-state index contributed by atoms with van der Waals surface area (Å²) in [6, 6.07) is 0. The van der Waals surface area contributed by atoms with Crippen molar-refractivity contribution in [2.75, 3.05) is 0 Å². The number of ketones is 1. The van der Waals surface area contributed by atoms with Gasteiger partial charge in [0.2, 0.25) is 0 Å². The molecule has 1 heterocycles. The number of fused-ring (bicyclic) bond motifs is 6. The van der Waals surface area contributed by atoms with Crippen molar-refractivity contribution in [1.29, 1.82) is 0 Å². The first-order chi connectivity index (χ1) is 11.5. The molecule has 0 N–H and O–H groups in total. The third-order valence-corrected chi connectivity index (χ3v) is 9.10. The van der Waals surface area contributed by atoms with E-state index in [-0.39, 0.29) is 17.0 Å². The molecule has 1 saturated heterocycles. The molecule has 4 saturated carbocycles. The summed E-state index contributed by atoms with van der Waals surface area (Å²) in [6.45, 7) is 2.44. The van der Waals surface area contributed by atoms with Crippen molar-refractivity contribution in [3.05, 3.63) is 0 Å². The normalized spacial score (nSPS) is 53.5. The Morgan fingerprint density at radius 1 is 0.875 bits per heavy atom. The van der Waals surface area contributed by atoms with Gasteiger partial charge in [-0.2, -0.15) is 0 Å². The molecule has 0 aromatic rings. The lowest BCUT2D eigenvalue weighted by atomic mass is 9.49. The van der Waals surface area contributed by atoms with Crippen LogP contribution in [0.3, 0.4) is 0 Å². The molecule has 0 radical (unpaired) electrons. The smallest absolute Gasteiger partial charge is 0.306 e. The molecule has 0 unspecified atom stereocenters. The van der Waals surface area contributed by atoms with Gasteiger partial charge >= 0.3 is 5.97 Å². The number of hydrogen-bond donors (Lipinski definition) is 0. The summed E-state index contributed by atoms with van der Waals surface area (Å²) in [5.41, 5.74) is 0.0662. The van der Waals surface area contributed by atoms with Gasteiger partial charge in [-0.25, -0.2) is 0 Å². The summed E-state index contributed by atoms with van der Waals surface area (Å²) in [5, 5.41) is 0. The quantitative estimate of drug-likeness (QED) is 0.623. The minimum atomic E-state index is -0.140. The van der Waals surface area contributed by atoms with E-state index in [2.05, 4.69) is 6.92 Å². The minimum Gasteiger partial charge on any atom is -0.458 e. The van der Waals surface area contributed by atoms with Crippen molar-refractivity contribution >= 4 is 11.8 Å². The lowest BCUT2D eigenvalue weighted by molar-refractivity contribution is -0.168. The molecular formula is C21H30O3. The largest absolute Gasteiger partial charge is 0.458 e. The summed E-state index contributed by atoms with van der Waals surface area (Å²) >= 11 is 0. The Labute approximate surface area is 144 Å². The van der Waals surface area contributed by atoms with Gasteiger partial charge in [0.05, 0.1) is 0 Å². The van der Waals surface area contributed by atoms with Gasteiger partial charge in [-0.15, -0.1) is 0 Å². The maximum atomic E-state index is 11.9. The summed E-state index contributed by atoms with van der Waals surface area (Å²) in [7, 11) is 0. The van der Waals surface area contributed by atoms with Crippen molar-refractivity contribution in [2.24, 2.45) is 35.0 Å². The van der Waals surface area contributed by atoms with Gasteiger partial charge in [0.25, 0.3) is 0 Å². The van der Waals surface area contributed by atoms with E-state index in [0.717, 1.165) is 55.8 Å². The van der Waals surface area contributed by atoms with Crippen LogP contribution in [0.5, 0.6) is 0 Å². The van der Waals surface area contributed by atoms with E-state index in [4.69, 9.17) is 4.74 Å².